The zero-order valence-corrected chi connectivity index (χ0v) is 13.0. The van der Waals surface area contributed by atoms with Crippen molar-refractivity contribution in [1.29, 1.82) is 0 Å². The molecule has 3 nitrogen and oxygen atoms in total. The zero-order chi connectivity index (χ0) is 15.3. The van der Waals surface area contributed by atoms with Crippen LogP contribution in [0.3, 0.4) is 0 Å². The number of benzene rings is 1. The summed E-state index contributed by atoms with van der Waals surface area (Å²) in [7, 11) is 0. The molecule has 21 heavy (non-hydrogen) atoms. The molecular formula is C17H25FN2O. The van der Waals surface area contributed by atoms with E-state index in [-0.39, 0.29) is 11.2 Å². The molecule has 0 bridgehead atoms. The quantitative estimate of drug-likeness (QED) is 0.753. The Morgan fingerprint density at radius 2 is 1.67 bits per heavy atom. The van der Waals surface area contributed by atoms with Crippen molar-refractivity contribution in [3.63, 3.8) is 0 Å². The topological polar surface area (TPSA) is 23.6 Å². The molecule has 0 saturated carbocycles. The standard InChI is InChI=1S/C17H25FN2O/c1-3-17(4-2,14-21)13-19-9-11-20(12-10-19)16-7-5-15(18)6-8-16/h5-8,14H,3-4,9-13H2,1-2H3. The van der Waals surface area contributed by atoms with Crippen LogP contribution in [0, 0.1) is 11.2 Å². The maximum absolute atomic E-state index is 13.0. The molecule has 0 atom stereocenters. The Morgan fingerprint density at radius 3 is 2.14 bits per heavy atom. The van der Waals surface area contributed by atoms with E-state index in [0.29, 0.717) is 0 Å². The fourth-order valence-electron chi connectivity index (χ4n) is 2.94. The third-order valence-corrected chi connectivity index (χ3v) is 4.76. The van der Waals surface area contributed by atoms with Crippen molar-refractivity contribution in [3.05, 3.63) is 30.1 Å². The van der Waals surface area contributed by atoms with Crippen LogP contribution in [0.4, 0.5) is 10.1 Å². The van der Waals surface area contributed by atoms with E-state index in [4.69, 9.17) is 0 Å². The number of nitrogens with zero attached hydrogens (tertiary/aromatic N) is 2. The van der Waals surface area contributed by atoms with Gasteiger partial charge in [-0.15, -0.1) is 0 Å². The summed E-state index contributed by atoms with van der Waals surface area (Å²) in [6.45, 7) is 8.78. The lowest BCUT2D eigenvalue weighted by atomic mass is 9.83. The molecule has 0 spiro atoms. The van der Waals surface area contributed by atoms with Crippen LogP contribution >= 0.6 is 0 Å². The number of anilines is 1. The average Bonchev–Trinajstić information content (AvgIpc) is 2.54. The Labute approximate surface area is 126 Å². The molecule has 0 N–H and O–H groups in total. The second kappa shape index (κ2) is 7.03. The number of hydrogen-bond acceptors (Lipinski definition) is 3. The summed E-state index contributed by atoms with van der Waals surface area (Å²) < 4.78 is 13.0. The molecule has 0 aromatic heterocycles. The van der Waals surface area contributed by atoms with Crippen molar-refractivity contribution in [2.45, 2.75) is 26.7 Å². The minimum Gasteiger partial charge on any atom is -0.369 e. The van der Waals surface area contributed by atoms with Gasteiger partial charge < -0.3 is 9.69 Å². The van der Waals surface area contributed by atoms with Crippen molar-refractivity contribution in [2.75, 3.05) is 37.6 Å². The second-order valence-electron chi connectivity index (χ2n) is 5.93. The molecule has 1 saturated heterocycles. The summed E-state index contributed by atoms with van der Waals surface area (Å²) in [5.41, 5.74) is 0.876. The summed E-state index contributed by atoms with van der Waals surface area (Å²) in [6.07, 6.45) is 2.93. The maximum atomic E-state index is 13.0. The summed E-state index contributed by atoms with van der Waals surface area (Å²) >= 11 is 0. The van der Waals surface area contributed by atoms with Crippen LogP contribution < -0.4 is 4.90 Å². The zero-order valence-electron chi connectivity index (χ0n) is 13.0. The van der Waals surface area contributed by atoms with Gasteiger partial charge in [0.15, 0.2) is 0 Å². The van der Waals surface area contributed by atoms with E-state index in [0.717, 1.165) is 57.5 Å². The van der Waals surface area contributed by atoms with Crippen LogP contribution in [-0.2, 0) is 4.79 Å². The van der Waals surface area contributed by atoms with Gasteiger partial charge >= 0.3 is 0 Å². The van der Waals surface area contributed by atoms with Gasteiger partial charge in [-0.25, -0.2) is 4.39 Å². The van der Waals surface area contributed by atoms with Gasteiger partial charge in [-0.1, -0.05) is 13.8 Å². The number of piperazine rings is 1. The van der Waals surface area contributed by atoms with Crippen molar-refractivity contribution in [2.24, 2.45) is 5.41 Å². The third kappa shape index (κ3) is 3.82. The lowest BCUT2D eigenvalue weighted by Gasteiger charge is -2.40. The lowest BCUT2D eigenvalue weighted by Crippen LogP contribution is -2.50. The lowest BCUT2D eigenvalue weighted by molar-refractivity contribution is -0.117. The molecule has 1 aromatic carbocycles. The maximum Gasteiger partial charge on any atom is 0.127 e. The monoisotopic (exact) mass is 292 g/mol. The highest BCUT2D eigenvalue weighted by Gasteiger charge is 2.29. The van der Waals surface area contributed by atoms with E-state index in [1.165, 1.54) is 12.1 Å². The molecule has 0 radical (unpaired) electrons. The van der Waals surface area contributed by atoms with Crippen LogP contribution in [0.5, 0.6) is 0 Å². The van der Waals surface area contributed by atoms with Crippen molar-refractivity contribution < 1.29 is 9.18 Å². The third-order valence-electron chi connectivity index (χ3n) is 4.76. The van der Waals surface area contributed by atoms with Gasteiger partial charge in [-0.2, -0.15) is 0 Å². The first-order valence-corrected chi connectivity index (χ1v) is 7.81. The molecule has 1 aliphatic rings. The predicted octanol–water partition coefficient (Wildman–Crippen LogP) is 2.95. The van der Waals surface area contributed by atoms with Gasteiger partial charge in [0, 0.05) is 43.8 Å². The van der Waals surface area contributed by atoms with Gasteiger partial charge in [0.2, 0.25) is 0 Å². The molecule has 1 heterocycles. The molecule has 116 valence electrons. The summed E-state index contributed by atoms with van der Waals surface area (Å²) in [5, 5.41) is 0. The van der Waals surface area contributed by atoms with E-state index >= 15 is 0 Å². The summed E-state index contributed by atoms with van der Waals surface area (Å²) in [4.78, 5) is 16.1. The van der Waals surface area contributed by atoms with E-state index < -0.39 is 0 Å². The van der Waals surface area contributed by atoms with Gasteiger partial charge in [0.25, 0.3) is 0 Å². The SMILES string of the molecule is CCC(C=O)(CC)CN1CCN(c2ccc(F)cc2)CC1. The van der Waals surface area contributed by atoms with E-state index in [1.54, 1.807) is 0 Å². The van der Waals surface area contributed by atoms with Crippen LogP contribution in [0.25, 0.3) is 0 Å². The van der Waals surface area contributed by atoms with Gasteiger partial charge in [0.05, 0.1) is 0 Å². The molecule has 1 aliphatic heterocycles. The molecule has 0 aliphatic carbocycles. The molecule has 0 amide bonds. The Kier molecular flexibility index (Phi) is 5.34. The fourth-order valence-corrected chi connectivity index (χ4v) is 2.94. The van der Waals surface area contributed by atoms with Crippen molar-refractivity contribution in [1.82, 2.24) is 4.90 Å². The Balaban J connectivity index is 1.91. The Morgan fingerprint density at radius 1 is 1.10 bits per heavy atom. The van der Waals surface area contributed by atoms with Gasteiger partial charge in [-0.3, -0.25) is 4.90 Å². The van der Waals surface area contributed by atoms with Crippen LogP contribution in [0.15, 0.2) is 24.3 Å². The molecule has 4 heteroatoms. The van der Waals surface area contributed by atoms with Crippen LogP contribution in [0.1, 0.15) is 26.7 Å². The highest BCUT2D eigenvalue weighted by Crippen LogP contribution is 2.26. The fraction of sp³-hybridized carbons (Fsp3) is 0.588. The number of rotatable bonds is 6. The summed E-state index contributed by atoms with van der Waals surface area (Å²) in [5.74, 6) is -0.195. The van der Waals surface area contributed by atoms with E-state index in [9.17, 15) is 9.18 Å². The van der Waals surface area contributed by atoms with Crippen molar-refractivity contribution >= 4 is 12.0 Å². The minimum atomic E-state index is -0.196. The number of carbonyl (C=O) groups is 1. The van der Waals surface area contributed by atoms with Crippen LogP contribution in [-0.4, -0.2) is 43.9 Å². The smallest absolute Gasteiger partial charge is 0.127 e. The predicted molar refractivity (Wildman–Crippen MR) is 84.1 cm³/mol. The van der Waals surface area contributed by atoms with Crippen LogP contribution in [0.2, 0.25) is 0 Å². The van der Waals surface area contributed by atoms with Crippen molar-refractivity contribution in [3.8, 4) is 0 Å². The first-order valence-electron chi connectivity index (χ1n) is 7.81. The number of aldehydes is 1. The molecule has 2 rings (SSSR count). The number of hydrogen-bond donors (Lipinski definition) is 0. The Bertz CT molecular complexity index is 448. The highest BCUT2D eigenvalue weighted by atomic mass is 19.1. The Hall–Kier alpha value is -1.42. The number of halogens is 1. The largest absolute Gasteiger partial charge is 0.369 e. The van der Waals surface area contributed by atoms with Gasteiger partial charge in [0.1, 0.15) is 12.1 Å². The molecule has 0 unspecified atom stereocenters. The normalized spacial score (nSPS) is 17.0. The average molecular weight is 292 g/mol. The minimum absolute atomic E-state index is 0.195. The first-order chi connectivity index (χ1) is 10.1. The first kappa shape index (κ1) is 16.0. The number of carbonyl (C=O) groups excluding carboxylic acids is 1. The highest BCUT2D eigenvalue weighted by molar-refractivity contribution is 5.59. The van der Waals surface area contributed by atoms with E-state index in [1.807, 2.05) is 12.1 Å². The molecule has 1 fully saturated rings. The second-order valence-corrected chi connectivity index (χ2v) is 5.93. The van der Waals surface area contributed by atoms with E-state index in [2.05, 4.69) is 23.6 Å². The molecule has 1 aromatic rings. The molecular weight excluding hydrogens is 267 g/mol. The summed E-state index contributed by atoms with van der Waals surface area (Å²) in [6, 6.07) is 6.68. The van der Waals surface area contributed by atoms with Gasteiger partial charge in [-0.05, 0) is 37.1 Å².